The van der Waals surface area contributed by atoms with Crippen molar-refractivity contribution in [1.82, 2.24) is 9.88 Å². The Bertz CT molecular complexity index is 309. The monoisotopic (exact) mass is 188 g/mol. The van der Waals surface area contributed by atoms with Crippen LogP contribution in [0.1, 0.15) is 24.5 Å². The fraction of sp³-hybridized carbons (Fsp3) is 0.583. The number of pyridine rings is 1. The van der Waals surface area contributed by atoms with Crippen LogP contribution in [0.3, 0.4) is 0 Å². The van der Waals surface area contributed by atoms with Crippen LogP contribution < -0.4 is 0 Å². The van der Waals surface area contributed by atoms with Crippen LogP contribution in [0.4, 0.5) is 0 Å². The van der Waals surface area contributed by atoms with Gasteiger partial charge in [0, 0.05) is 24.4 Å². The van der Waals surface area contributed by atoms with Gasteiger partial charge in [-0.3, -0.25) is 4.98 Å². The van der Waals surface area contributed by atoms with Crippen molar-refractivity contribution in [3.05, 3.63) is 30.1 Å². The van der Waals surface area contributed by atoms with Gasteiger partial charge in [-0.1, -0.05) is 6.07 Å². The first kappa shape index (κ1) is 8.42. The molecule has 0 spiro atoms. The van der Waals surface area contributed by atoms with Crippen LogP contribution in [-0.4, -0.2) is 29.5 Å². The Hall–Kier alpha value is -0.890. The van der Waals surface area contributed by atoms with Gasteiger partial charge in [0.05, 0.1) is 0 Å². The van der Waals surface area contributed by atoms with Crippen LogP contribution in [0.15, 0.2) is 24.4 Å². The van der Waals surface area contributed by atoms with Gasteiger partial charge in [0.15, 0.2) is 0 Å². The molecular formula is C12H16N2. The summed E-state index contributed by atoms with van der Waals surface area (Å²) in [6, 6.07) is 6.32. The molecule has 2 nitrogen and oxygen atoms in total. The second kappa shape index (κ2) is 3.35. The molecule has 2 fully saturated rings. The lowest BCUT2D eigenvalue weighted by Crippen LogP contribution is -2.31. The smallest absolute Gasteiger partial charge is 0.0438 e. The molecule has 3 rings (SSSR count). The highest BCUT2D eigenvalue weighted by Crippen LogP contribution is 2.37. The van der Waals surface area contributed by atoms with Gasteiger partial charge in [0.25, 0.3) is 0 Å². The maximum absolute atomic E-state index is 4.50. The summed E-state index contributed by atoms with van der Waals surface area (Å²) in [5, 5.41) is 0. The molecule has 0 N–H and O–H groups in total. The summed E-state index contributed by atoms with van der Waals surface area (Å²) in [5.74, 6) is 1.61. The summed E-state index contributed by atoms with van der Waals surface area (Å²) < 4.78 is 0. The lowest BCUT2D eigenvalue weighted by atomic mass is 9.84. The van der Waals surface area contributed by atoms with Gasteiger partial charge in [0.2, 0.25) is 0 Å². The normalized spacial score (nSPS) is 35.9. The van der Waals surface area contributed by atoms with Crippen molar-refractivity contribution in [2.75, 3.05) is 19.6 Å². The lowest BCUT2D eigenvalue weighted by molar-refractivity contribution is 0.242. The van der Waals surface area contributed by atoms with Crippen LogP contribution in [0.25, 0.3) is 0 Å². The van der Waals surface area contributed by atoms with Crippen LogP contribution >= 0.6 is 0 Å². The maximum Gasteiger partial charge on any atom is 0.0438 e. The summed E-state index contributed by atoms with van der Waals surface area (Å²) in [7, 11) is 0. The van der Waals surface area contributed by atoms with Crippen molar-refractivity contribution < 1.29 is 0 Å². The van der Waals surface area contributed by atoms with Gasteiger partial charge in [-0.2, -0.15) is 0 Å². The summed E-state index contributed by atoms with van der Waals surface area (Å²) in [6.45, 7) is 3.90. The number of hydrogen-bond donors (Lipinski definition) is 0. The Morgan fingerprint density at radius 3 is 3.00 bits per heavy atom. The SMILES string of the molecule is c1ccc(C2CCN3CCC2C3)nc1. The molecule has 3 heterocycles. The van der Waals surface area contributed by atoms with E-state index < -0.39 is 0 Å². The number of nitrogens with zero attached hydrogens (tertiary/aromatic N) is 2. The molecule has 0 aliphatic carbocycles. The molecule has 1 aromatic heterocycles. The molecular weight excluding hydrogens is 172 g/mol. The van der Waals surface area contributed by atoms with E-state index in [4.69, 9.17) is 0 Å². The van der Waals surface area contributed by atoms with Crippen molar-refractivity contribution in [2.45, 2.75) is 18.8 Å². The van der Waals surface area contributed by atoms with Crippen molar-refractivity contribution in [1.29, 1.82) is 0 Å². The van der Waals surface area contributed by atoms with E-state index in [0.717, 1.165) is 11.8 Å². The quantitative estimate of drug-likeness (QED) is 0.669. The molecule has 2 aliphatic rings. The molecule has 2 bridgehead atoms. The van der Waals surface area contributed by atoms with Crippen LogP contribution in [0.5, 0.6) is 0 Å². The second-order valence-corrected chi connectivity index (χ2v) is 4.50. The third kappa shape index (κ3) is 1.34. The van der Waals surface area contributed by atoms with E-state index in [1.807, 2.05) is 12.3 Å². The van der Waals surface area contributed by atoms with Gasteiger partial charge >= 0.3 is 0 Å². The Morgan fingerprint density at radius 1 is 1.21 bits per heavy atom. The highest BCUT2D eigenvalue weighted by atomic mass is 15.2. The second-order valence-electron chi connectivity index (χ2n) is 4.50. The minimum absolute atomic E-state index is 0.731. The fourth-order valence-electron chi connectivity index (χ4n) is 2.94. The highest BCUT2D eigenvalue weighted by molar-refractivity contribution is 5.13. The minimum atomic E-state index is 0.731. The first-order valence-electron chi connectivity index (χ1n) is 5.57. The van der Waals surface area contributed by atoms with E-state index in [1.165, 1.54) is 38.2 Å². The zero-order valence-electron chi connectivity index (χ0n) is 8.39. The van der Waals surface area contributed by atoms with E-state index >= 15 is 0 Å². The third-order valence-electron chi connectivity index (χ3n) is 3.70. The first-order chi connectivity index (χ1) is 6.93. The van der Waals surface area contributed by atoms with Crippen molar-refractivity contribution in [3.63, 3.8) is 0 Å². The average molecular weight is 188 g/mol. The molecule has 1 aromatic rings. The predicted molar refractivity (Wildman–Crippen MR) is 56.1 cm³/mol. The number of fused-ring (bicyclic) bond motifs is 2. The zero-order chi connectivity index (χ0) is 9.38. The summed E-state index contributed by atoms with van der Waals surface area (Å²) >= 11 is 0. The lowest BCUT2D eigenvalue weighted by Gasteiger charge is -2.29. The van der Waals surface area contributed by atoms with E-state index in [-0.39, 0.29) is 0 Å². The Balaban J connectivity index is 1.85. The van der Waals surface area contributed by atoms with Crippen LogP contribution in [0, 0.1) is 5.92 Å². The number of rotatable bonds is 1. The predicted octanol–water partition coefficient (Wildman–Crippen LogP) is 1.89. The van der Waals surface area contributed by atoms with Crippen molar-refractivity contribution in [3.8, 4) is 0 Å². The molecule has 2 saturated heterocycles. The Labute approximate surface area is 85.0 Å². The first-order valence-corrected chi connectivity index (χ1v) is 5.57. The summed E-state index contributed by atoms with van der Waals surface area (Å²) in [4.78, 5) is 7.09. The Morgan fingerprint density at radius 2 is 2.14 bits per heavy atom. The van der Waals surface area contributed by atoms with E-state index in [9.17, 15) is 0 Å². The van der Waals surface area contributed by atoms with Crippen molar-refractivity contribution >= 4 is 0 Å². The van der Waals surface area contributed by atoms with Gasteiger partial charge in [0.1, 0.15) is 0 Å². The van der Waals surface area contributed by atoms with Crippen LogP contribution in [0.2, 0.25) is 0 Å². The fourth-order valence-corrected chi connectivity index (χ4v) is 2.94. The summed E-state index contributed by atoms with van der Waals surface area (Å²) in [5.41, 5.74) is 1.32. The van der Waals surface area contributed by atoms with Gasteiger partial charge in [-0.25, -0.2) is 0 Å². The average Bonchev–Trinajstić information content (AvgIpc) is 2.62. The maximum atomic E-state index is 4.50. The molecule has 2 aliphatic heterocycles. The standard InChI is InChI=1S/C12H16N2/c1-2-6-13-12(3-1)11-5-8-14-7-4-10(11)9-14/h1-3,6,10-11H,4-5,7-9H2. The largest absolute Gasteiger partial charge is 0.303 e. The molecule has 3 unspecified atom stereocenters. The number of aromatic nitrogens is 1. The van der Waals surface area contributed by atoms with E-state index in [0.29, 0.717) is 0 Å². The van der Waals surface area contributed by atoms with Crippen molar-refractivity contribution in [2.24, 2.45) is 5.92 Å². The van der Waals surface area contributed by atoms with E-state index in [2.05, 4.69) is 22.0 Å². The molecule has 0 saturated carbocycles. The minimum Gasteiger partial charge on any atom is -0.303 e. The van der Waals surface area contributed by atoms with Gasteiger partial charge in [-0.05, 0) is 44.0 Å². The summed E-state index contributed by atoms with van der Waals surface area (Å²) in [6.07, 6.45) is 4.61. The molecule has 3 atom stereocenters. The van der Waals surface area contributed by atoms with Gasteiger partial charge < -0.3 is 4.90 Å². The molecule has 2 heteroatoms. The van der Waals surface area contributed by atoms with Gasteiger partial charge in [-0.15, -0.1) is 0 Å². The molecule has 74 valence electrons. The molecule has 0 amide bonds. The molecule has 0 aromatic carbocycles. The number of piperidine rings is 1. The molecule has 14 heavy (non-hydrogen) atoms. The highest BCUT2D eigenvalue weighted by Gasteiger charge is 2.35. The zero-order valence-corrected chi connectivity index (χ0v) is 8.39. The van der Waals surface area contributed by atoms with Crippen LogP contribution in [-0.2, 0) is 0 Å². The Kier molecular flexibility index (Phi) is 2.02. The topological polar surface area (TPSA) is 16.1 Å². The molecule has 0 radical (unpaired) electrons. The number of hydrogen-bond acceptors (Lipinski definition) is 2. The third-order valence-corrected chi connectivity index (χ3v) is 3.70. The van der Waals surface area contributed by atoms with E-state index in [1.54, 1.807) is 0 Å².